The van der Waals surface area contributed by atoms with Gasteiger partial charge in [-0.05, 0) is 31.7 Å². The van der Waals surface area contributed by atoms with Crippen LogP contribution in [0.5, 0.6) is 0 Å². The zero-order valence-corrected chi connectivity index (χ0v) is 13.3. The molecule has 0 radical (unpaired) electrons. The molecular weight excluding hydrogens is 260 g/mol. The van der Waals surface area contributed by atoms with Crippen molar-refractivity contribution in [3.05, 3.63) is 18.0 Å². The van der Waals surface area contributed by atoms with Crippen LogP contribution in [-0.4, -0.2) is 33.8 Å². The average Bonchev–Trinajstić information content (AvgIpc) is 2.72. The van der Waals surface area contributed by atoms with Gasteiger partial charge in [-0.3, -0.25) is 9.58 Å². The molecule has 19 heavy (non-hydrogen) atoms. The summed E-state index contributed by atoms with van der Waals surface area (Å²) in [4.78, 5) is 2.47. The van der Waals surface area contributed by atoms with Crippen LogP contribution in [0, 0.1) is 5.41 Å². The van der Waals surface area contributed by atoms with Crippen LogP contribution < -0.4 is 5.73 Å². The van der Waals surface area contributed by atoms with Crippen molar-refractivity contribution in [2.75, 3.05) is 13.1 Å². The minimum atomic E-state index is 0. The molecule has 0 aliphatic carbocycles. The van der Waals surface area contributed by atoms with Crippen molar-refractivity contribution in [2.45, 2.75) is 52.7 Å². The highest BCUT2D eigenvalue weighted by molar-refractivity contribution is 5.85. The minimum Gasteiger partial charge on any atom is -0.327 e. The lowest BCUT2D eigenvalue weighted by Crippen LogP contribution is -2.52. The molecule has 1 aliphatic rings. The summed E-state index contributed by atoms with van der Waals surface area (Å²) in [7, 11) is 0. The van der Waals surface area contributed by atoms with Gasteiger partial charge >= 0.3 is 0 Å². The Morgan fingerprint density at radius 1 is 1.47 bits per heavy atom. The summed E-state index contributed by atoms with van der Waals surface area (Å²) >= 11 is 0. The summed E-state index contributed by atoms with van der Waals surface area (Å²) in [5.74, 6) is 0. The van der Waals surface area contributed by atoms with Gasteiger partial charge in [-0.2, -0.15) is 5.10 Å². The summed E-state index contributed by atoms with van der Waals surface area (Å²) < 4.78 is 2.02. The van der Waals surface area contributed by atoms with Gasteiger partial charge in [0.05, 0.1) is 5.69 Å². The Balaban J connectivity index is 0.00000180. The highest BCUT2D eigenvalue weighted by Gasteiger charge is 2.33. The molecule has 2 heterocycles. The number of nitrogens with two attached hydrogens (primary N) is 1. The number of piperidine rings is 1. The SMILES string of the molecule is CC(C)n1ccc(CN2CCC(N)C(C)(C)C2)n1.Cl. The quantitative estimate of drug-likeness (QED) is 0.928. The van der Waals surface area contributed by atoms with E-state index in [0.29, 0.717) is 12.1 Å². The van der Waals surface area contributed by atoms with Crippen molar-refractivity contribution >= 4 is 12.4 Å². The second-order valence-corrected chi connectivity index (χ2v) is 6.48. The molecule has 110 valence electrons. The monoisotopic (exact) mass is 286 g/mol. The maximum absolute atomic E-state index is 6.17. The first-order valence-corrected chi connectivity index (χ1v) is 6.90. The van der Waals surface area contributed by atoms with Crippen molar-refractivity contribution in [3.63, 3.8) is 0 Å². The van der Waals surface area contributed by atoms with Crippen LogP contribution in [-0.2, 0) is 6.54 Å². The number of hydrogen-bond donors (Lipinski definition) is 1. The minimum absolute atomic E-state index is 0. The highest BCUT2D eigenvalue weighted by atomic mass is 35.5. The molecule has 0 spiro atoms. The summed E-state index contributed by atoms with van der Waals surface area (Å²) in [6.45, 7) is 11.9. The summed E-state index contributed by atoms with van der Waals surface area (Å²) in [5.41, 5.74) is 7.53. The van der Waals surface area contributed by atoms with E-state index in [1.165, 1.54) is 0 Å². The van der Waals surface area contributed by atoms with Gasteiger partial charge in [-0.25, -0.2) is 0 Å². The molecule has 1 aliphatic heterocycles. The van der Waals surface area contributed by atoms with Crippen molar-refractivity contribution in [3.8, 4) is 0 Å². The second-order valence-electron chi connectivity index (χ2n) is 6.48. The van der Waals surface area contributed by atoms with Crippen LogP contribution >= 0.6 is 12.4 Å². The number of nitrogens with zero attached hydrogens (tertiary/aromatic N) is 3. The molecule has 2 rings (SSSR count). The Morgan fingerprint density at radius 3 is 2.68 bits per heavy atom. The third-order valence-corrected chi connectivity index (χ3v) is 3.97. The fraction of sp³-hybridized carbons (Fsp3) is 0.786. The van der Waals surface area contributed by atoms with Crippen LogP contribution in [0.4, 0.5) is 0 Å². The van der Waals surface area contributed by atoms with E-state index >= 15 is 0 Å². The first kappa shape index (κ1) is 16.5. The number of aromatic nitrogens is 2. The Morgan fingerprint density at radius 2 is 2.16 bits per heavy atom. The predicted molar refractivity (Wildman–Crippen MR) is 81.5 cm³/mol. The van der Waals surface area contributed by atoms with Crippen molar-refractivity contribution in [1.82, 2.24) is 14.7 Å². The molecule has 0 amide bonds. The molecular formula is C14H27ClN4. The number of rotatable bonds is 3. The second kappa shape index (κ2) is 6.25. The fourth-order valence-corrected chi connectivity index (χ4v) is 2.60. The van der Waals surface area contributed by atoms with Gasteiger partial charge in [-0.15, -0.1) is 12.4 Å². The molecule has 2 N–H and O–H groups in total. The van der Waals surface area contributed by atoms with Crippen LogP contribution in [0.15, 0.2) is 12.3 Å². The van der Waals surface area contributed by atoms with Crippen LogP contribution in [0.2, 0.25) is 0 Å². The molecule has 0 bridgehead atoms. The Labute approximate surface area is 122 Å². The van der Waals surface area contributed by atoms with Crippen molar-refractivity contribution in [1.29, 1.82) is 0 Å². The van der Waals surface area contributed by atoms with Crippen molar-refractivity contribution < 1.29 is 0 Å². The third kappa shape index (κ3) is 3.94. The van der Waals surface area contributed by atoms with Gasteiger partial charge in [-0.1, -0.05) is 13.8 Å². The Kier molecular flexibility index (Phi) is 5.42. The molecule has 0 saturated carbocycles. The van der Waals surface area contributed by atoms with E-state index < -0.39 is 0 Å². The zero-order valence-electron chi connectivity index (χ0n) is 12.5. The van der Waals surface area contributed by atoms with E-state index in [0.717, 1.165) is 31.7 Å². The smallest absolute Gasteiger partial charge is 0.0764 e. The lowest BCUT2D eigenvalue weighted by atomic mass is 9.80. The van der Waals surface area contributed by atoms with Gasteiger partial charge in [0.1, 0.15) is 0 Å². The lowest BCUT2D eigenvalue weighted by molar-refractivity contribution is 0.0887. The maximum atomic E-state index is 6.17. The third-order valence-electron chi connectivity index (χ3n) is 3.97. The van der Waals surface area contributed by atoms with Crippen LogP contribution in [0.1, 0.15) is 45.9 Å². The molecule has 5 heteroatoms. The number of likely N-dealkylation sites (tertiary alicyclic amines) is 1. The maximum Gasteiger partial charge on any atom is 0.0764 e. The summed E-state index contributed by atoms with van der Waals surface area (Å²) in [6, 6.07) is 2.88. The highest BCUT2D eigenvalue weighted by Crippen LogP contribution is 2.28. The molecule has 1 atom stereocenters. The van der Waals surface area contributed by atoms with Gasteiger partial charge in [0, 0.05) is 37.9 Å². The standard InChI is InChI=1S/C14H26N4.ClH/c1-11(2)18-8-5-12(16-18)9-17-7-6-13(15)14(3,4)10-17;/h5,8,11,13H,6-7,9-10,15H2,1-4H3;1H. The largest absolute Gasteiger partial charge is 0.327 e. The normalized spacial score (nSPS) is 23.4. The zero-order chi connectivity index (χ0) is 13.3. The van der Waals surface area contributed by atoms with E-state index in [1.807, 2.05) is 4.68 Å². The van der Waals surface area contributed by atoms with Gasteiger partial charge in [0.2, 0.25) is 0 Å². The molecule has 1 unspecified atom stereocenters. The van der Waals surface area contributed by atoms with E-state index in [4.69, 9.17) is 5.73 Å². The van der Waals surface area contributed by atoms with E-state index in [-0.39, 0.29) is 17.8 Å². The van der Waals surface area contributed by atoms with E-state index in [1.54, 1.807) is 0 Å². The van der Waals surface area contributed by atoms with Gasteiger partial charge in [0.15, 0.2) is 0 Å². The first-order chi connectivity index (χ1) is 8.38. The molecule has 1 saturated heterocycles. The number of halogens is 1. The van der Waals surface area contributed by atoms with Gasteiger partial charge < -0.3 is 5.73 Å². The molecule has 1 aromatic rings. The summed E-state index contributed by atoms with van der Waals surface area (Å²) in [6.07, 6.45) is 3.15. The molecule has 1 aromatic heterocycles. The molecule has 4 nitrogen and oxygen atoms in total. The average molecular weight is 287 g/mol. The Hall–Kier alpha value is -0.580. The number of hydrogen-bond acceptors (Lipinski definition) is 3. The van der Waals surface area contributed by atoms with Crippen LogP contribution in [0.25, 0.3) is 0 Å². The lowest BCUT2D eigenvalue weighted by Gasteiger charge is -2.42. The molecule has 0 aromatic carbocycles. The summed E-state index contributed by atoms with van der Waals surface area (Å²) in [5, 5.41) is 4.61. The fourth-order valence-electron chi connectivity index (χ4n) is 2.60. The first-order valence-electron chi connectivity index (χ1n) is 6.90. The predicted octanol–water partition coefficient (Wildman–Crippen LogP) is 2.45. The Bertz CT molecular complexity index is 400. The molecule has 1 fully saturated rings. The van der Waals surface area contributed by atoms with E-state index in [2.05, 4.69) is 50.0 Å². The van der Waals surface area contributed by atoms with E-state index in [9.17, 15) is 0 Å². The van der Waals surface area contributed by atoms with Crippen LogP contribution in [0.3, 0.4) is 0 Å². The van der Waals surface area contributed by atoms with Gasteiger partial charge in [0.25, 0.3) is 0 Å². The topological polar surface area (TPSA) is 47.1 Å². The van der Waals surface area contributed by atoms with Crippen molar-refractivity contribution in [2.24, 2.45) is 11.1 Å².